The molecule has 1 atom stereocenters. The Balaban J connectivity index is 0.00000200. The maximum Gasteiger partial charge on any atom is 0.241 e. The van der Waals surface area contributed by atoms with Crippen molar-refractivity contribution in [3.8, 4) is 5.69 Å². The number of rotatable bonds is 4. The van der Waals surface area contributed by atoms with Gasteiger partial charge in [-0.1, -0.05) is 19.1 Å². The number of nitrogens with zero attached hydrogens (tertiary/aromatic N) is 3. The standard InChI is InChI=1S/C13H17N5O.ClH/c1-9(2)12(14)13(19)16-10-3-5-11(6-4-10)18-8-7-15-17-18;/h3-9,12H,14H2,1-2H3,(H,16,19);1H/t12-;/m0./s1. The van der Waals surface area contributed by atoms with E-state index in [0.717, 1.165) is 5.69 Å². The molecule has 0 spiro atoms. The van der Waals surface area contributed by atoms with E-state index in [2.05, 4.69) is 15.6 Å². The summed E-state index contributed by atoms with van der Waals surface area (Å²) in [6, 6.07) is 6.82. The fourth-order valence-corrected chi connectivity index (χ4v) is 1.57. The molecule has 2 aromatic rings. The van der Waals surface area contributed by atoms with Crippen molar-refractivity contribution in [3.63, 3.8) is 0 Å². The van der Waals surface area contributed by atoms with Crippen LogP contribution in [-0.4, -0.2) is 26.9 Å². The van der Waals surface area contributed by atoms with E-state index in [9.17, 15) is 4.79 Å². The summed E-state index contributed by atoms with van der Waals surface area (Å²) in [5.74, 6) is -0.0714. The number of anilines is 1. The van der Waals surface area contributed by atoms with Crippen LogP contribution >= 0.6 is 12.4 Å². The van der Waals surface area contributed by atoms with Crippen LogP contribution in [0, 0.1) is 5.92 Å². The molecule has 0 aliphatic heterocycles. The van der Waals surface area contributed by atoms with Gasteiger partial charge in [0, 0.05) is 5.69 Å². The fraction of sp³-hybridized carbons (Fsp3) is 0.308. The second-order valence-electron chi connectivity index (χ2n) is 4.65. The van der Waals surface area contributed by atoms with E-state index in [-0.39, 0.29) is 24.2 Å². The third-order valence-corrected chi connectivity index (χ3v) is 2.84. The summed E-state index contributed by atoms with van der Waals surface area (Å²) >= 11 is 0. The largest absolute Gasteiger partial charge is 0.325 e. The van der Waals surface area contributed by atoms with Crippen LogP contribution < -0.4 is 11.1 Å². The van der Waals surface area contributed by atoms with Gasteiger partial charge in [-0.05, 0) is 30.2 Å². The second kappa shape index (κ2) is 7.02. The Bertz CT molecular complexity index is 538. The maximum atomic E-state index is 11.8. The molecular weight excluding hydrogens is 278 g/mol. The molecule has 0 aliphatic carbocycles. The zero-order valence-electron chi connectivity index (χ0n) is 11.4. The molecule has 0 unspecified atom stereocenters. The van der Waals surface area contributed by atoms with Crippen molar-refractivity contribution in [2.75, 3.05) is 5.32 Å². The highest BCUT2D eigenvalue weighted by molar-refractivity contribution is 5.94. The zero-order chi connectivity index (χ0) is 13.8. The zero-order valence-corrected chi connectivity index (χ0v) is 12.2. The van der Waals surface area contributed by atoms with Crippen molar-refractivity contribution < 1.29 is 4.79 Å². The fourth-order valence-electron chi connectivity index (χ4n) is 1.57. The molecule has 0 fully saturated rings. The van der Waals surface area contributed by atoms with Gasteiger partial charge in [0.1, 0.15) is 0 Å². The summed E-state index contributed by atoms with van der Waals surface area (Å²) in [7, 11) is 0. The van der Waals surface area contributed by atoms with Crippen molar-refractivity contribution in [2.24, 2.45) is 11.7 Å². The first-order valence-corrected chi connectivity index (χ1v) is 6.11. The molecule has 1 aromatic heterocycles. The van der Waals surface area contributed by atoms with Crippen LogP contribution in [0.25, 0.3) is 5.69 Å². The van der Waals surface area contributed by atoms with E-state index < -0.39 is 6.04 Å². The lowest BCUT2D eigenvalue weighted by Crippen LogP contribution is -2.39. The van der Waals surface area contributed by atoms with Crippen molar-refractivity contribution in [1.29, 1.82) is 0 Å². The van der Waals surface area contributed by atoms with Gasteiger partial charge in [0.2, 0.25) is 5.91 Å². The average molecular weight is 296 g/mol. The van der Waals surface area contributed by atoms with E-state index in [4.69, 9.17) is 5.73 Å². The number of aromatic nitrogens is 3. The smallest absolute Gasteiger partial charge is 0.241 e. The number of benzene rings is 1. The SMILES string of the molecule is CC(C)[C@H](N)C(=O)Nc1ccc(-n2ccnn2)cc1.Cl. The van der Waals surface area contributed by atoms with Gasteiger partial charge in [0.05, 0.1) is 24.1 Å². The van der Waals surface area contributed by atoms with E-state index >= 15 is 0 Å². The lowest BCUT2D eigenvalue weighted by Gasteiger charge is -2.15. The minimum Gasteiger partial charge on any atom is -0.325 e. The number of hydrogen-bond acceptors (Lipinski definition) is 4. The number of nitrogens with one attached hydrogen (secondary N) is 1. The van der Waals surface area contributed by atoms with Gasteiger partial charge in [-0.3, -0.25) is 4.79 Å². The topological polar surface area (TPSA) is 85.8 Å². The quantitative estimate of drug-likeness (QED) is 0.897. The van der Waals surface area contributed by atoms with Crippen LogP contribution in [0.2, 0.25) is 0 Å². The molecule has 7 heteroatoms. The normalized spacial score (nSPS) is 11.8. The van der Waals surface area contributed by atoms with Gasteiger partial charge < -0.3 is 11.1 Å². The van der Waals surface area contributed by atoms with Crippen molar-refractivity contribution in [1.82, 2.24) is 15.0 Å². The van der Waals surface area contributed by atoms with Crippen LogP contribution in [0.5, 0.6) is 0 Å². The molecular formula is C13H18ClN5O. The summed E-state index contributed by atoms with van der Waals surface area (Å²) in [6.07, 6.45) is 3.36. The van der Waals surface area contributed by atoms with E-state index in [1.807, 2.05) is 38.1 Å². The molecule has 6 nitrogen and oxygen atoms in total. The Kier molecular flexibility index (Phi) is 5.66. The summed E-state index contributed by atoms with van der Waals surface area (Å²) in [5.41, 5.74) is 7.37. The van der Waals surface area contributed by atoms with Crippen LogP contribution in [-0.2, 0) is 4.79 Å². The molecule has 1 amide bonds. The third kappa shape index (κ3) is 3.79. The molecule has 20 heavy (non-hydrogen) atoms. The molecule has 108 valence electrons. The van der Waals surface area contributed by atoms with Crippen molar-refractivity contribution in [2.45, 2.75) is 19.9 Å². The van der Waals surface area contributed by atoms with Gasteiger partial charge in [0.25, 0.3) is 0 Å². The molecule has 0 saturated heterocycles. The number of carbonyl (C=O) groups is 1. The minimum atomic E-state index is -0.505. The summed E-state index contributed by atoms with van der Waals surface area (Å²) < 4.78 is 1.64. The van der Waals surface area contributed by atoms with Gasteiger partial charge in [-0.15, -0.1) is 17.5 Å². The number of nitrogens with two attached hydrogens (primary N) is 1. The van der Waals surface area contributed by atoms with E-state index in [1.165, 1.54) is 0 Å². The predicted octanol–water partition coefficient (Wildman–Crippen LogP) is 1.61. The highest BCUT2D eigenvalue weighted by Crippen LogP contribution is 2.13. The number of halogens is 1. The lowest BCUT2D eigenvalue weighted by atomic mass is 10.0. The average Bonchev–Trinajstić information content (AvgIpc) is 2.92. The Morgan fingerprint density at radius 2 is 1.95 bits per heavy atom. The highest BCUT2D eigenvalue weighted by atomic mass is 35.5. The highest BCUT2D eigenvalue weighted by Gasteiger charge is 2.16. The van der Waals surface area contributed by atoms with Crippen molar-refractivity contribution in [3.05, 3.63) is 36.7 Å². The molecule has 2 rings (SSSR count). The Morgan fingerprint density at radius 3 is 2.45 bits per heavy atom. The maximum absolute atomic E-state index is 11.8. The second-order valence-corrected chi connectivity index (χ2v) is 4.65. The summed E-state index contributed by atoms with van der Waals surface area (Å²) in [6.45, 7) is 3.83. The van der Waals surface area contributed by atoms with Gasteiger partial charge >= 0.3 is 0 Å². The Morgan fingerprint density at radius 1 is 1.30 bits per heavy atom. The first-order valence-electron chi connectivity index (χ1n) is 6.11. The van der Waals surface area contributed by atoms with E-state index in [1.54, 1.807) is 17.1 Å². The third-order valence-electron chi connectivity index (χ3n) is 2.84. The summed E-state index contributed by atoms with van der Waals surface area (Å²) in [4.78, 5) is 11.8. The number of carbonyl (C=O) groups excluding carboxylic acids is 1. The Labute approximate surface area is 123 Å². The molecule has 1 heterocycles. The first-order chi connectivity index (χ1) is 9.08. The van der Waals surface area contributed by atoms with Crippen LogP contribution in [0.1, 0.15) is 13.8 Å². The molecule has 0 radical (unpaired) electrons. The van der Waals surface area contributed by atoms with Crippen LogP contribution in [0.15, 0.2) is 36.7 Å². The summed E-state index contributed by atoms with van der Waals surface area (Å²) in [5, 5.41) is 10.4. The molecule has 0 bridgehead atoms. The van der Waals surface area contributed by atoms with E-state index in [0.29, 0.717) is 5.69 Å². The lowest BCUT2D eigenvalue weighted by molar-refractivity contribution is -0.118. The first kappa shape index (κ1) is 16.1. The van der Waals surface area contributed by atoms with Crippen LogP contribution in [0.3, 0.4) is 0 Å². The predicted molar refractivity (Wildman–Crippen MR) is 80.1 cm³/mol. The van der Waals surface area contributed by atoms with Gasteiger partial charge in [0.15, 0.2) is 0 Å². The molecule has 1 aromatic carbocycles. The molecule has 3 N–H and O–H groups in total. The molecule has 0 aliphatic rings. The van der Waals surface area contributed by atoms with Crippen molar-refractivity contribution >= 4 is 24.0 Å². The Hall–Kier alpha value is -1.92. The van der Waals surface area contributed by atoms with Gasteiger partial charge in [-0.2, -0.15) is 0 Å². The monoisotopic (exact) mass is 295 g/mol. The molecule has 0 saturated carbocycles. The van der Waals surface area contributed by atoms with Gasteiger partial charge in [-0.25, -0.2) is 4.68 Å². The van der Waals surface area contributed by atoms with Crippen LogP contribution in [0.4, 0.5) is 5.69 Å². The number of hydrogen-bond donors (Lipinski definition) is 2. The number of amides is 1. The minimum absolute atomic E-state index is 0.